The van der Waals surface area contributed by atoms with Gasteiger partial charge in [0.1, 0.15) is 11.5 Å². The summed E-state index contributed by atoms with van der Waals surface area (Å²) in [5, 5.41) is 7.28. The van der Waals surface area contributed by atoms with Gasteiger partial charge in [-0.3, -0.25) is 9.78 Å². The zero-order valence-corrected chi connectivity index (χ0v) is 20.8. The van der Waals surface area contributed by atoms with E-state index in [1.54, 1.807) is 28.0 Å². The summed E-state index contributed by atoms with van der Waals surface area (Å²) in [5.41, 5.74) is 1.04. The summed E-state index contributed by atoms with van der Waals surface area (Å²) < 4.78 is 71.4. The van der Waals surface area contributed by atoms with Gasteiger partial charge in [-0.2, -0.15) is 5.10 Å². The van der Waals surface area contributed by atoms with Crippen LogP contribution in [0.4, 0.5) is 33.3 Å². The average Bonchev–Trinajstić information content (AvgIpc) is 3.55. The van der Waals surface area contributed by atoms with E-state index in [-0.39, 0.29) is 41.9 Å². The van der Waals surface area contributed by atoms with Crippen molar-refractivity contribution in [2.75, 3.05) is 23.3 Å². The van der Waals surface area contributed by atoms with Crippen LogP contribution in [-0.2, 0) is 0 Å². The standard InChI is InChI=1S/C28H21F5N6O/c1-15-35-22-6-5-18(29)26(33)27(22)38(15)16-7-10-37(11-8-16)28(40)23-14-24(21-4-2-3-9-34-21)39(36-23)17-12-19(30)25(32)20(31)13-17/h2-6,9,12-14,16,35H,1,7-8,10-11H2. The van der Waals surface area contributed by atoms with Gasteiger partial charge in [0.2, 0.25) is 0 Å². The van der Waals surface area contributed by atoms with Crippen molar-refractivity contribution in [2.45, 2.75) is 18.9 Å². The second-order valence-corrected chi connectivity index (χ2v) is 9.49. The molecule has 7 nitrogen and oxygen atoms in total. The smallest absolute Gasteiger partial charge is 0.274 e. The first-order valence-electron chi connectivity index (χ1n) is 12.4. The van der Waals surface area contributed by atoms with Crippen LogP contribution in [0.1, 0.15) is 23.3 Å². The van der Waals surface area contributed by atoms with Crippen LogP contribution in [0.25, 0.3) is 17.1 Å². The Morgan fingerprint density at radius 3 is 2.33 bits per heavy atom. The number of rotatable bonds is 4. The fourth-order valence-electron chi connectivity index (χ4n) is 5.16. The molecule has 0 atom stereocenters. The number of carbonyl (C=O) groups is 1. The predicted molar refractivity (Wildman–Crippen MR) is 137 cm³/mol. The van der Waals surface area contributed by atoms with Crippen LogP contribution < -0.4 is 10.2 Å². The van der Waals surface area contributed by atoms with E-state index >= 15 is 0 Å². The number of nitrogens with one attached hydrogen (secondary N) is 1. The van der Waals surface area contributed by atoms with Gasteiger partial charge in [0.25, 0.3) is 5.91 Å². The Balaban J connectivity index is 1.27. The molecule has 1 fully saturated rings. The van der Waals surface area contributed by atoms with Gasteiger partial charge < -0.3 is 15.1 Å². The second kappa shape index (κ2) is 9.78. The molecule has 1 saturated heterocycles. The molecule has 0 spiro atoms. The van der Waals surface area contributed by atoms with Crippen LogP contribution in [0.15, 0.2) is 67.1 Å². The highest BCUT2D eigenvalue weighted by molar-refractivity contribution is 5.93. The van der Waals surface area contributed by atoms with Gasteiger partial charge in [0.15, 0.2) is 34.8 Å². The molecule has 4 heterocycles. The van der Waals surface area contributed by atoms with Crippen LogP contribution in [0.2, 0.25) is 0 Å². The fraction of sp³-hybridized carbons (Fsp3) is 0.179. The minimum absolute atomic E-state index is 0.00467. The highest BCUT2D eigenvalue weighted by Gasteiger charge is 2.36. The number of carbonyl (C=O) groups excluding carboxylic acids is 1. The summed E-state index contributed by atoms with van der Waals surface area (Å²) >= 11 is 0. The van der Waals surface area contributed by atoms with Gasteiger partial charge in [-0.1, -0.05) is 12.6 Å². The largest absolute Gasteiger partial charge is 0.340 e. The molecule has 2 aliphatic rings. The molecule has 0 aliphatic carbocycles. The molecular formula is C28H21F5N6O. The lowest BCUT2D eigenvalue weighted by atomic mass is 10.0. The van der Waals surface area contributed by atoms with E-state index < -0.39 is 35.0 Å². The maximum absolute atomic E-state index is 14.7. The molecule has 0 bridgehead atoms. The number of aromatic nitrogens is 3. The molecule has 2 aromatic carbocycles. The van der Waals surface area contributed by atoms with Crippen molar-refractivity contribution in [3.05, 3.63) is 102 Å². The lowest BCUT2D eigenvalue weighted by molar-refractivity contribution is 0.0707. The van der Waals surface area contributed by atoms with Crippen LogP contribution in [0.3, 0.4) is 0 Å². The highest BCUT2D eigenvalue weighted by Crippen LogP contribution is 2.42. The third-order valence-corrected chi connectivity index (χ3v) is 7.07. The number of anilines is 2. The fourth-order valence-corrected chi connectivity index (χ4v) is 5.16. The summed E-state index contributed by atoms with van der Waals surface area (Å²) in [4.78, 5) is 20.9. The number of benzene rings is 2. The first-order valence-corrected chi connectivity index (χ1v) is 12.4. The van der Waals surface area contributed by atoms with Crippen molar-refractivity contribution < 1.29 is 26.7 Å². The van der Waals surface area contributed by atoms with E-state index in [9.17, 15) is 26.7 Å². The molecule has 204 valence electrons. The van der Waals surface area contributed by atoms with E-state index in [1.807, 2.05) is 0 Å². The van der Waals surface area contributed by atoms with Crippen LogP contribution in [0.5, 0.6) is 0 Å². The van der Waals surface area contributed by atoms with Crippen LogP contribution >= 0.6 is 0 Å². The third-order valence-electron chi connectivity index (χ3n) is 7.07. The number of nitrogens with zero attached hydrogens (tertiary/aromatic N) is 5. The number of likely N-dealkylation sites (tertiary alicyclic amines) is 1. The minimum Gasteiger partial charge on any atom is -0.340 e. The van der Waals surface area contributed by atoms with Gasteiger partial charge in [0.05, 0.1) is 22.8 Å². The SMILES string of the molecule is C=C1Nc2ccc(F)c(F)c2N1C1CCN(C(=O)c2cc(-c3ccccn3)n(-c3cc(F)c(F)c(F)c3)n2)CC1. The zero-order chi connectivity index (χ0) is 28.1. The van der Waals surface area contributed by atoms with E-state index in [2.05, 4.69) is 22.0 Å². The molecule has 12 heteroatoms. The number of halogens is 5. The molecule has 6 rings (SSSR count). The number of hydrogen-bond acceptors (Lipinski definition) is 5. The van der Waals surface area contributed by atoms with Crippen LogP contribution in [-0.4, -0.2) is 44.7 Å². The summed E-state index contributed by atoms with van der Waals surface area (Å²) in [6, 6.07) is 10.3. The number of pyridine rings is 1. The topological polar surface area (TPSA) is 66.3 Å². The quantitative estimate of drug-likeness (QED) is 0.262. The summed E-state index contributed by atoms with van der Waals surface area (Å²) in [5.74, 6) is -6.37. The molecule has 40 heavy (non-hydrogen) atoms. The molecule has 4 aromatic rings. The van der Waals surface area contributed by atoms with E-state index in [4.69, 9.17) is 0 Å². The van der Waals surface area contributed by atoms with E-state index in [0.29, 0.717) is 30.0 Å². The lowest BCUT2D eigenvalue weighted by Crippen LogP contribution is -2.46. The Kier molecular flexibility index (Phi) is 6.24. The van der Waals surface area contributed by atoms with Crippen molar-refractivity contribution in [3.63, 3.8) is 0 Å². The number of piperidine rings is 1. The maximum Gasteiger partial charge on any atom is 0.274 e. The maximum atomic E-state index is 14.7. The van der Waals surface area contributed by atoms with Gasteiger partial charge in [-0.25, -0.2) is 26.6 Å². The van der Waals surface area contributed by atoms with E-state index in [0.717, 1.165) is 22.9 Å². The van der Waals surface area contributed by atoms with Crippen molar-refractivity contribution >= 4 is 17.3 Å². The number of amides is 1. The molecule has 0 radical (unpaired) electrons. The Labute approximate surface area is 225 Å². The Hall–Kier alpha value is -4.74. The summed E-state index contributed by atoms with van der Waals surface area (Å²) in [6.45, 7) is 4.50. The second-order valence-electron chi connectivity index (χ2n) is 9.49. The van der Waals surface area contributed by atoms with Crippen LogP contribution in [0, 0.1) is 29.1 Å². The third kappa shape index (κ3) is 4.25. The number of hydrogen-bond donors (Lipinski definition) is 1. The Morgan fingerprint density at radius 2 is 1.65 bits per heavy atom. The molecule has 0 saturated carbocycles. The molecule has 2 aliphatic heterocycles. The average molecular weight is 553 g/mol. The first kappa shape index (κ1) is 25.5. The monoisotopic (exact) mass is 552 g/mol. The predicted octanol–water partition coefficient (Wildman–Crippen LogP) is 5.64. The Bertz CT molecular complexity index is 1630. The highest BCUT2D eigenvalue weighted by atomic mass is 19.2. The van der Waals surface area contributed by atoms with Crippen molar-refractivity contribution in [2.24, 2.45) is 0 Å². The summed E-state index contributed by atoms with van der Waals surface area (Å²) in [7, 11) is 0. The van der Waals surface area contributed by atoms with Crippen molar-refractivity contribution in [1.82, 2.24) is 19.7 Å². The van der Waals surface area contributed by atoms with Gasteiger partial charge in [-0.05, 0) is 43.2 Å². The molecule has 1 N–H and O–H groups in total. The normalized spacial score (nSPS) is 15.4. The number of fused-ring (bicyclic) bond motifs is 1. The van der Waals surface area contributed by atoms with Gasteiger partial charge in [0, 0.05) is 37.5 Å². The van der Waals surface area contributed by atoms with Gasteiger partial charge >= 0.3 is 0 Å². The van der Waals surface area contributed by atoms with E-state index in [1.165, 1.54) is 18.3 Å². The first-order chi connectivity index (χ1) is 19.2. The minimum atomic E-state index is -1.62. The molecule has 2 aromatic heterocycles. The van der Waals surface area contributed by atoms with Gasteiger partial charge in [-0.15, -0.1) is 0 Å². The lowest BCUT2D eigenvalue weighted by Gasteiger charge is -2.37. The zero-order valence-electron chi connectivity index (χ0n) is 20.8. The molecular weight excluding hydrogens is 531 g/mol. The Morgan fingerprint density at radius 1 is 0.925 bits per heavy atom. The van der Waals surface area contributed by atoms with Crippen molar-refractivity contribution in [1.29, 1.82) is 0 Å². The molecule has 0 unspecified atom stereocenters. The summed E-state index contributed by atoms with van der Waals surface area (Å²) in [6.07, 6.45) is 2.38. The molecule has 1 amide bonds. The van der Waals surface area contributed by atoms with Crippen molar-refractivity contribution in [3.8, 4) is 17.1 Å².